The molecule has 0 atom stereocenters. The van der Waals surface area contributed by atoms with Gasteiger partial charge in [0.25, 0.3) is 0 Å². The number of hydrogen-bond acceptors (Lipinski definition) is 5. The molecular formula is C12H14N4O2. The maximum Gasteiger partial charge on any atom is 0.360 e. The number of esters is 1. The molecule has 0 aliphatic rings. The van der Waals surface area contributed by atoms with Crippen LogP contribution in [-0.2, 0) is 4.74 Å². The van der Waals surface area contributed by atoms with Gasteiger partial charge in [-0.2, -0.15) is 0 Å². The van der Waals surface area contributed by atoms with Crippen LogP contribution in [0, 0.1) is 6.92 Å². The number of rotatable bonds is 3. The van der Waals surface area contributed by atoms with Gasteiger partial charge in [0.05, 0.1) is 6.61 Å². The van der Waals surface area contributed by atoms with E-state index in [1.54, 1.807) is 17.7 Å². The third kappa shape index (κ3) is 2.17. The second-order valence-electron chi connectivity index (χ2n) is 3.76. The number of carbonyl (C=O) groups excluding carboxylic acids is 1. The zero-order chi connectivity index (χ0) is 13.1. The molecule has 0 amide bonds. The molecule has 2 N–H and O–H groups in total. The molecule has 6 heteroatoms. The number of carbonyl (C=O) groups is 1. The van der Waals surface area contributed by atoms with Crippen molar-refractivity contribution in [3.8, 4) is 5.82 Å². The van der Waals surface area contributed by atoms with Crippen LogP contribution < -0.4 is 5.73 Å². The highest BCUT2D eigenvalue weighted by atomic mass is 16.5. The summed E-state index contributed by atoms with van der Waals surface area (Å²) in [5.74, 6) is 0.323. The van der Waals surface area contributed by atoms with Crippen LogP contribution in [0.25, 0.3) is 5.82 Å². The molecule has 0 radical (unpaired) electrons. The van der Waals surface area contributed by atoms with Crippen molar-refractivity contribution in [1.29, 1.82) is 0 Å². The van der Waals surface area contributed by atoms with E-state index in [0.29, 0.717) is 5.82 Å². The number of nitrogens with zero attached hydrogens (tertiary/aromatic N) is 3. The van der Waals surface area contributed by atoms with Crippen molar-refractivity contribution in [2.24, 2.45) is 0 Å². The van der Waals surface area contributed by atoms with E-state index in [-0.39, 0.29) is 18.1 Å². The Morgan fingerprint density at radius 2 is 2.28 bits per heavy atom. The summed E-state index contributed by atoms with van der Waals surface area (Å²) < 4.78 is 6.42. The highest BCUT2D eigenvalue weighted by Crippen LogP contribution is 2.16. The number of nitrogens with two attached hydrogens (primary N) is 1. The molecular weight excluding hydrogens is 232 g/mol. The number of aromatic nitrogens is 3. The molecule has 2 heterocycles. The van der Waals surface area contributed by atoms with Crippen molar-refractivity contribution in [1.82, 2.24) is 14.5 Å². The SMILES string of the molecule is CCOC(=O)c1ncn(-c2cc(C)ccn2)c1N. The first-order chi connectivity index (χ1) is 8.63. The van der Waals surface area contributed by atoms with Crippen LogP contribution in [0.2, 0.25) is 0 Å². The molecule has 0 bridgehead atoms. The molecule has 0 aliphatic heterocycles. The maximum atomic E-state index is 11.6. The lowest BCUT2D eigenvalue weighted by Gasteiger charge is -2.05. The Balaban J connectivity index is 2.39. The van der Waals surface area contributed by atoms with E-state index in [1.165, 1.54) is 6.33 Å². The first-order valence-corrected chi connectivity index (χ1v) is 5.56. The fraction of sp³-hybridized carbons (Fsp3) is 0.250. The summed E-state index contributed by atoms with van der Waals surface area (Å²) in [6, 6.07) is 3.73. The lowest BCUT2D eigenvalue weighted by atomic mass is 10.3. The van der Waals surface area contributed by atoms with Crippen molar-refractivity contribution in [2.45, 2.75) is 13.8 Å². The molecule has 0 saturated carbocycles. The van der Waals surface area contributed by atoms with Gasteiger partial charge in [0.2, 0.25) is 0 Å². The molecule has 0 spiro atoms. The predicted octanol–water partition coefficient (Wildman–Crippen LogP) is 1.33. The van der Waals surface area contributed by atoms with Crippen LogP contribution in [0.3, 0.4) is 0 Å². The summed E-state index contributed by atoms with van der Waals surface area (Å²) >= 11 is 0. The minimum absolute atomic E-state index is 0.111. The molecule has 0 aliphatic carbocycles. The summed E-state index contributed by atoms with van der Waals surface area (Å²) in [6.07, 6.45) is 3.14. The molecule has 2 aromatic rings. The van der Waals surface area contributed by atoms with Crippen LogP contribution in [0.5, 0.6) is 0 Å². The minimum atomic E-state index is -0.526. The summed E-state index contributed by atoms with van der Waals surface area (Å²) in [7, 11) is 0. The number of ether oxygens (including phenoxy) is 1. The molecule has 6 nitrogen and oxygen atoms in total. The third-order valence-electron chi connectivity index (χ3n) is 2.42. The average Bonchev–Trinajstić information content (AvgIpc) is 2.71. The van der Waals surface area contributed by atoms with Gasteiger partial charge in [-0.3, -0.25) is 4.57 Å². The van der Waals surface area contributed by atoms with Gasteiger partial charge in [0.15, 0.2) is 5.69 Å². The van der Waals surface area contributed by atoms with Gasteiger partial charge in [-0.05, 0) is 31.5 Å². The molecule has 0 saturated heterocycles. The third-order valence-corrected chi connectivity index (χ3v) is 2.42. The van der Waals surface area contributed by atoms with Crippen molar-refractivity contribution in [2.75, 3.05) is 12.3 Å². The number of aryl methyl sites for hydroxylation is 1. The van der Waals surface area contributed by atoms with E-state index in [4.69, 9.17) is 10.5 Å². The highest BCUT2D eigenvalue weighted by Gasteiger charge is 2.17. The van der Waals surface area contributed by atoms with E-state index in [1.807, 2.05) is 19.1 Å². The minimum Gasteiger partial charge on any atom is -0.461 e. The highest BCUT2D eigenvalue weighted by molar-refractivity contribution is 5.92. The van der Waals surface area contributed by atoms with E-state index < -0.39 is 5.97 Å². The lowest BCUT2D eigenvalue weighted by Crippen LogP contribution is -2.09. The summed E-state index contributed by atoms with van der Waals surface area (Å²) in [5, 5.41) is 0. The molecule has 0 unspecified atom stereocenters. The van der Waals surface area contributed by atoms with Gasteiger partial charge in [-0.25, -0.2) is 14.8 Å². The predicted molar refractivity (Wildman–Crippen MR) is 66.5 cm³/mol. The first kappa shape index (κ1) is 12.1. The standard InChI is InChI=1S/C12H14N4O2/c1-3-18-12(17)10-11(13)16(7-15-10)9-6-8(2)4-5-14-9/h4-7H,3,13H2,1-2H3. The number of anilines is 1. The first-order valence-electron chi connectivity index (χ1n) is 5.56. The van der Waals surface area contributed by atoms with E-state index in [2.05, 4.69) is 9.97 Å². The summed E-state index contributed by atoms with van der Waals surface area (Å²) in [4.78, 5) is 19.7. The van der Waals surface area contributed by atoms with Crippen LogP contribution in [0.15, 0.2) is 24.7 Å². The largest absolute Gasteiger partial charge is 0.461 e. The van der Waals surface area contributed by atoms with E-state index in [0.717, 1.165) is 5.56 Å². The second-order valence-corrected chi connectivity index (χ2v) is 3.76. The smallest absolute Gasteiger partial charge is 0.360 e. The zero-order valence-corrected chi connectivity index (χ0v) is 10.3. The molecule has 2 aromatic heterocycles. The van der Waals surface area contributed by atoms with Crippen molar-refractivity contribution in [3.63, 3.8) is 0 Å². The van der Waals surface area contributed by atoms with Gasteiger partial charge < -0.3 is 10.5 Å². The van der Waals surface area contributed by atoms with Crippen LogP contribution in [-0.4, -0.2) is 27.1 Å². The normalized spacial score (nSPS) is 10.3. The van der Waals surface area contributed by atoms with Crippen LogP contribution >= 0.6 is 0 Å². The molecule has 18 heavy (non-hydrogen) atoms. The Hall–Kier alpha value is -2.37. The van der Waals surface area contributed by atoms with Crippen LogP contribution in [0.1, 0.15) is 23.0 Å². The quantitative estimate of drug-likeness (QED) is 0.826. The van der Waals surface area contributed by atoms with Gasteiger partial charge in [-0.15, -0.1) is 0 Å². The number of hydrogen-bond donors (Lipinski definition) is 1. The van der Waals surface area contributed by atoms with E-state index in [9.17, 15) is 4.79 Å². The topological polar surface area (TPSA) is 83.0 Å². The molecule has 0 fully saturated rings. The van der Waals surface area contributed by atoms with Crippen molar-refractivity contribution < 1.29 is 9.53 Å². The second kappa shape index (κ2) is 4.87. The van der Waals surface area contributed by atoms with Crippen molar-refractivity contribution in [3.05, 3.63) is 35.9 Å². The number of nitrogen functional groups attached to an aromatic ring is 1. The van der Waals surface area contributed by atoms with Gasteiger partial charge in [0.1, 0.15) is 18.0 Å². The fourth-order valence-electron chi connectivity index (χ4n) is 1.55. The average molecular weight is 246 g/mol. The van der Waals surface area contributed by atoms with E-state index >= 15 is 0 Å². The monoisotopic (exact) mass is 246 g/mol. The Morgan fingerprint density at radius 3 is 2.94 bits per heavy atom. The lowest BCUT2D eigenvalue weighted by molar-refractivity contribution is 0.0521. The molecule has 94 valence electrons. The Labute approximate surface area is 104 Å². The van der Waals surface area contributed by atoms with Gasteiger partial charge >= 0.3 is 5.97 Å². The maximum absolute atomic E-state index is 11.6. The molecule has 0 aromatic carbocycles. The van der Waals surface area contributed by atoms with Crippen LogP contribution in [0.4, 0.5) is 5.82 Å². The number of imidazole rings is 1. The summed E-state index contributed by atoms with van der Waals surface area (Å²) in [6.45, 7) is 3.96. The summed E-state index contributed by atoms with van der Waals surface area (Å²) in [5.41, 5.74) is 7.03. The Morgan fingerprint density at radius 1 is 1.50 bits per heavy atom. The Bertz CT molecular complexity index is 577. The fourth-order valence-corrected chi connectivity index (χ4v) is 1.55. The Kier molecular flexibility index (Phi) is 3.27. The van der Waals surface area contributed by atoms with Gasteiger partial charge in [0, 0.05) is 6.20 Å². The van der Waals surface area contributed by atoms with Crippen molar-refractivity contribution >= 4 is 11.8 Å². The van der Waals surface area contributed by atoms with Gasteiger partial charge in [-0.1, -0.05) is 0 Å². The zero-order valence-electron chi connectivity index (χ0n) is 10.3. The number of pyridine rings is 1. The molecule has 2 rings (SSSR count).